The molecule has 8 heteroatoms. The Kier molecular flexibility index (Phi) is 7.21. The summed E-state index contributed by atoms with van der Waals surface area (Å²) in [5.74, 6) is 0.0993. The van der Waals surface area contributed by atoms with Gasteiger partial charge in [0.05, 0.1) is 17.1 Å². The molecule has 37 heavy (non-hydrogen) atoms. The maximum Gasteiger partial charge on any atom is 0.297 e. The summed E-state index contributed by atoms with van der Waals surface area (Å²) in [5, 5.41) is 6.90. The van der Waals surface area contributed by atoms with Gasteiger partial charge in [-0.1, -0.05) is 89.6 Å². The molecule has 2 heterocycles. The molecule has 0 aliphatic rings. The molecule has 0 aliphatic carbocycles. The summed E-state index contributed by atoms with van der Waals surface area (Å²) < 4.78 is 6.26. The van der Waals surface area contributed by atoms with Crippen LogP contribution in [-0.2, 0) is 7.05 Å². The van der Waals surface area contributed by atoms with Gasteiger partial charge in [0.15, 0.2) is 5.69 Å². The molecule has 5 rings (SSSR count). The predicted octanol–water partition coefficient (Wildman–Crippen LogP) is 6.65. The van der Waals surface area contributed by atoms with E-state index in [0.29, 0.717) is 10.5 Å². The Morgan fingerprint density at radius 2 is 1.59 bits per heavy atom. The summed E-state index contributed by atoms with van der Waals surface area (Å²) in [4.78, 5) is 19.0. The average molecular weight is 573 g/mol. The molecular formula is C29H26BrN5OS. The van der Waals surface area contributed by atoms with Gasteiger partial charge in [0, 0.05) is 34.6 Å². The average Bonchev–Trinajstić information content (AvgIpc) is 3.42. The number of hydrogen-bond acceptors (Lipinski definition) is 4. The SMILES string of the molecule is Cc1c(N=c2scc(-c3ccccc3Br)n2N=CC(C)c2ccccc2)c(=O)n(-c2ccccc2)n1C. The number of thiazole rings is 1. The van der Waals surface area contributed by atoms with Gasteiger partial charge in [0.1, 0.15) is 0 Å². The molecular weight excluding hydrogens is 546 g/mol. The normalized spacial score (nSPS) is 12.9. The van der Waals surface area contributed by atoms with Crippen molar-refractivity contribution >= 4 is 39.2 Å². The number of benzene rings is 3. The van der Waals surface area contributed by atoms with Crippen molar-refractivity contribution < 1.29 is 0 Å². The van der Waals surface area contributed by atoms with E-state index in [1.54, 1.807) is 4.68 Å². The maximum absolute atomic E-state index is 13.5. The smallest absolute Gasteiger partial charge is 0.283 e. The number of para-hydroxylation sites is 1. The molecule has 0 radical (unpaired) electrons. The minimum atomic E-state index is -0.171. The van der Waals surface area contributed by atoms with Gasteiger partial charge in [-0.15, -0.1) is 11.3 Å². The van der Waals surface area contributed by atoms with Crippen LogP contribution in [0.15, 0.2) is 110 Å². The molecule has 5 aromatic rings. The summed E-state index contributed by atoms with van der Waals surface area (Å²) in [6.07, 6.45) is 1.92. The molecule has 3 aromatic carbocycles. The third-order valence-corrected chi connectivity index (χ3v) is 7.81. The number of halogens is 1. The quantitative estimate of drug-likeness (QED) is 0.210. The lowest BCUT2D eigenvalue weighted by Gasteiger charge is -2.08. The molecule has 186 valence electrons. The van der Waals surface area contributed by atoms with Crippen LogP contribution >= 0.6 is 27.3 Å². The monoisotopic (exact) mass is 571 g/mol. The first-order chi connectivity index (χ1) is 18.0. The molecule has 1 unspecified atom stereocenters. The van der Waals surface area contributed by atoms with Gasteiger partial charge in [0.2, 0.25) is 4.80 Å². The van der Waals surface area contributed by atoms with E-state index >= 15 is 0 Å². The van der Waals surface area contributed by atoms with Gasteiger partial charge in [-0.05, 0) is 30.7 Å². The fourth-order valence-corrected chi connectivity index (χ4v) is 5.45. The Balaban J connectivity index is 1.68. The van der Waals surface area contributed by atoms with Crippen molar-refractivity contribution in [2.45, 2.75) is 19.8 Å². The highest BCUT2D eigenvalue weighted by Crippen LogP contribution is 2.29. The van der Waals surface area contributed by atoms with Crippen LogP contribution in [0.3, 0.4) is 0 Å². The molecule has 0 amide bonds. The summed E-state index contributed by atoms with van der Waals surface area (Å²) in [5.41, 5.74) is 4.86. The van der Waals surface area contributed by atoms with Crippen LogP contribution in [-0.4, -0.2) is 20.3 Å². The number of rotatable bonds is 6. The van der Waals surface area contributed by atoms with Gasteiger partial charge < -0.3 is 0 Å². The number of aromatic nitrogens is 3. The first-order valence-corrected chi connectivity index (χ1v) is 13.6. The standard InChI is InChI=1S/C29H26BrN5OS/c1-20(22-12-6-4-7-13-22)18-31-34-26(24-16-10-11-17-25(24)30)19-37-29(34)32-27-21(2)33(3)35(28(27)36)23-14-8-5-9-15-23/h4-20H,1-3H3. The molecule has 0 saturated carbocycles. The van der Waals surface area contributed by atoms with Crippen molar-refractivity contribution in [3.63, 3.8) is 0 Å². The lowest BCUT2D eigenvalue weighted by Crippen LogP contribution is -2.20. The van der Waals surface area contributed by atoms with E-state index in [1.807, 2.05) is 108 Å². The molecule has 2 aromatic heterocycles. The van der Waals surface area contributed by atoms with Crippen LogP contribution in [0.4, 0.5) is 5.69 Å². The van der Waals surface area contributed by atoms with Gasteiger partial charge in [-0.3, -0.25) is 9.48 Å². The molecule has 0 aliphatic heterocycles. The highest BCUT2D eigenvalue weighted by Gasteiger charge is 2.17. The zero-order chi connectivity index (χ0) is 25.9. The van der Waals surface area contributed by atoms with E-state index in [-0.39, 0.29) is 11.5 Å². The molecule has 1 atom stereocenters. The van der Waals surface area contributed by atoms with Crippen LogP contribution in [0.2, 0.25) is 0 Å². The van der Waals surface area contributed by atoms with E-state index in [1.165, 1.54) is 16.9 Å². The summed E-state index contributed by atoms with van der Waals surface area (Å²) in [6, 6.07) is 27.9. The minimum absolute atomic E-state index is 0.0993. The molecule has 0 spiro atoms. The number of nitrogens with zero attached hydrogens (tertiary/aromatic N) is 5. The van der Waals surface area contributed by atoms with Crippen molar-refractivity contribution in [1.29, 1.82) is 0 Å². The Bertz CT molecular complexity index is 1690. The van der Waals surface area contributed by atoms with Crippen molar-refractivity contribution in [2.24, 2.45) is 17.1 Å². The van der Waals surface area contributed by atoms with Crippen LogP contribution < -0.4 is 10.4 Å². The summed E-state index contributed by atoms with van der Waals surface area (Å²) in [7, 11) is 1.87. The fraction of sp³-hybridized carbons (Fsp3) is 0.138. The van der Waals surface area contributed by atoms with Crippen molar-refractivity contribution in [3.8, 4) is 16.9 Å². The van der Waals surface area contributed by atoms with Crippen molar-refractivity contribution in [2.75, 3.05) is 0 Å². The Hall–Kier alpha value is -3.75. The Morgan fingerprint density at radius 3 is 2.30 bits per heavy atom. The second kappa shape index (κ2) is 10.7. The van der Waals surface area contributed by atoms with Crippen molar-refractivity contribution in [1.82, 2.24) is 14.0 Å². The third-order valence-electron chi connectivity index (χ3n) is 6.30. The Morgan fingerprint density at radius 1 is 0.946 bits per heavy atom. The van der Waals surface area contributed by atoms with Gasteiger partial charge in [-0.25, -0.2) is 14.4 Å². The molecule has 0 saturated heterocycles. The lowest BCUT2D eigenvalue weighted by molar-refractivity contribution is 0.630. The van der Waals surface area contributed by atoms with E-state index < -0.39 is 0 Å². The maximum atomic E-state index is 13.5. The predicted molar refractivity (Wildman–Crippen MR) is 155 cm³/mol. The second-order valence-electron chi connectivity index (χ2n) is 8.68. The fourth-order valence-electron chi connectivity index (χ4n) is 4.13. The van der Waals surface area contributed by atoms with Crippen molar-refractivity contribution in [3.05, 3.63) is 121 Å². The molecule has 0 N–H and O–H groups in total. The van der Waals surface area contributed by atoms with E-state index in [4.69, 9.17) is 10.1 Å². The van der Waals surface area contributed by atoms with Gasteiger partial charge >= 0.3 is 0 Å². The number of hydrogen-bond donors (Lipinski definition) is 0. The topological polar surface area (TPSA) is 56.6 Å². The van der Waals surface area contributed by atoms with Crippen LogP contribution in [0.1, 0.15) is 24.1 Å². The molecule has 0 fully saturated rings. The molecule has 6 nitrogen and oxygen atoms in total. The van der Waals surface area contributed by atoms with Crippen LogP contribution in [0.25, 0.3) is 16.9 Å². The molecule has 0 bridgehead atoms. The lowest BCUT2D eigenvalue weighted by atomic mass is 10.0. The third kappa shape index (κ3) is 4.95. The Labute approximate surface area is 227 Å². The zero-order valence-corrected chi connectivity index (χ0v) is 23.1. The summed E-state index contributed by atoms with van der Waals surface area (Å²) >= 11 is 5.13. The zero-order valence-electron chi connectivity index (χ0n) is 20.7. The minimum Gasteiger partial charge on any atom is -0.283 e. The first-order valence-electron chi connectivity index (χ1n) is 11.9. The highest BCUT2D eigenvalue weighted by atomic mass is 79.9. The van der Waals surface area contributed by atoms with Crippen LogP contribution in [0, 0.1) is 6.92 Å². The first kappa shape index (κ1) is 24.9. The largest absolute Gasteiger partial charge is 0.297 e. The van der Waals surface area contributed by atoms with Gasteiger partial charge in [-0.2, -0.15) is 5.10 Å². The van der Waals surface area contributed by atoms with Crippen LogP contribution in [0.5, 0.6) is 0 Å². The van der Waals surface area contributed by atoms with E-state index in [2.05, 4.69) is 35.0 Å². The second-order valence-corrected chi connectivity index (χ2v) is 10.4. The van der Waals surface area contributed by atoms with E-state index in [0.717, 1.165) is 27.1 Å². The van der Waals surface area contributed by atoms with Gasteiger partial charge in [0.25, 0.3) is 5.56 Å². The van der Waals surface area contributed by atoms with E-state index in [9.17, 15) is 4.79 Å². The summed E-state index contributed by atoms with van der Waals surface area (Å²) in [6.45, 7) is 4.02. The highest BCUT2D eigenvalue weighted by molar-refractivity contribution is 9.10.